The molecule has 0 saturated heterocycles. The highest BCUT2D eigenvalue weighted by Gasteiger charge is 2.28. The lowest BCUT2D eigenvalue weighted by Crippen LogP contribution is -2.40. The van der Waals surface area contributed by atoms with E-state index in [9.17, 15) is 9.90 Å². The summed E-state index contributed by atoms with van der Waals surface area (Å²) in [6.07, 6.45) is 3.64. The van der Waals surface area contributed by atoms with Gasteiger partial charge in [-0.1, -0.05) is 51.0 Å². The number of nitrogens with zero attached hydrogens (tertiary/aromatic N) is 1. The molecule has 3 aromatic rings. The Kier molecular flexibility index (Phi) is 6.56. The van der Waals surface area contributed by atoms with Crippen LogP contribution in [0.25, 0.3) is 10.9 Å². The first kappa shape index (κ1) is 22.4. The monoisotopic (exact) mass is 434 g/mol. The van der Waals surface area contributed by atoms with Crippen molar-refractivity contribution < 1.29 is 14.6 Å². The van der Waals surface area contributed by atoms with Gasteiger partial charge in [0, 0.05) is 36.1 Å². The molecule has 0 aliphatic heterocycles. The Bertz CT molecular complexity index is 1120. The molecule has 170 valence electrons. The number of benzene rings is 2. The van der Waals surface area contributed by atoms with E-state index in [-0.39, 0.29) is 0 Å². The van der Waals surface area contributed by atoms with Crippen LogP contribution in [-0.2, 0) is 13.1 Å². The Morgan fingerprint density at radius 2 is 1.97 bits per heavy atom. The van der Waals surface area contributed by atoms with Gasteiger partial charge in [-0.25, -0.2) is 4.79 Å². The molecule has 0 amide bonds. The van der Waals surface area contributed by atoms with Gasteiger partial charge in [0.1, 0.15) is 11.4 Å². The summed E-state index contributed by atoms with van der Waals surface area (Å²) in [7, 11) is 1.64. The van der Waals surface area contributed by atoms with Crippen molar-refractivity contribution in [2.45, 2.75) is 59.2 Å². The van der Waals surface area contributed by atoms with Gasteiger partial charge in [0.05, 0.1) is 12.6 Å². The first-order valence-electron chi connectivity index (χ1n) is 11.6. The maximum absolute atomic E-state index is 12.5. The Morgan fingerprint density at radius 3 is 2.69 bits per heavy atom. The molecule has 2 N–H and O–H groups in total. The summed E-state index contributed by atoms with van der Waals surface area (Å²) in [6, 6.07) is 14.4. The van der Waals surface area contributed by atoms with E-state index in [1.165, 1.54) is 12.8 Å². The molecule has 0 radical (unpaired) electrons. The van der Waals surface area contributed by atoms with Crippen LogP contribution in [0.15, 0.2) is 42.5 Å². The molecule has 0 spiro atoms. The SMILES string of the molecule is COc1ccc2c(CN[C@@H]3CCC[C@H](C)[C@@H]3C)c(C(=O)O)n(Cc3ccccc3C)c2c1. The zero-order chi connectivity index (χ0) is 22.8. The molecule has 1 aliphatic rings. The molecule has 1 aromatic heterocycles. The van der Waals surface area contributed by atoms with Crippen LogP contribution >= 0.6 is 0 Å². The van der Waals surface area contributed by atoms with Crippen LogP contribution in [0.1, 0.15) is 60.3 Å². The minimum absolute atomic E-state index is 0.362. The number of aromatic carboxylic acids is 1. The van der Waals surface area contributed by atoms with Crippen LogP contribution in [-0.4, -0.2) is 28.8 Å². The maximum atomic E-state index is 12.5. The van der Waals surface area contributed by atoms with Crippen LogP contribution in [0.5, 0.6) is 5.75 Å². The fourth-order valence-electron chi connectivity index (χ4n) is 5.18. The molecule has 1 heterocycles. The number of carboxylic acids is 1. The van der Waals surface area contributed by atoms with Crippen molar-refractivity contribution in [2.75, 3.05) is 7.11 Å². The van der Waals surface area contributed by atoms with E-state index in [0.717, 1.165) is 39.8 Å². The first-order valence-corrected chi connectivity index (χ1v) is 11.6. The molecule has 0 unspecified atom stereocenters. The standard InChI is InChI=1S/C27H34N2O3/c1-17-9-7-11-24(19(17)3)28-15-23-22-13-12-21(32-4)14-25(22)29(26(23)27(30)31)16-20-10-6-5-8-18(20)2/h5-6,8,10,12-14,17,19,24,28H,7,9,11,15-16H2,1-4H3,(H,30,31)/t17-,19-,24+/m0/s1. The number of aryl methyl sites for hydroxylation is 1. The van der Waals surface area contributed by atoms with Crippen molar-refractivity contribution in [1.82, 2.24) is 9.88 Å². The smallest absolute Gasteiger partial charge is 0.352 e. The van der Waals surface area contributed by atoms with Crippen molar-refractivity contribution in [3.63, 3.8) is 0 Å². The average Bonchev–Trinajstić information content (AvgIpc) is 3.09. The van der Waals surface area contributed by atoms with Crippen LogP contribution in [0.2, 0.25) is 0 Å². The first-order chi connectivity index (χ1) is 15.4. The second-order valence-electron chi connectivity index (χ2n) is 9.28. The fraction of sp³-hybridized carbons (Fsp3) is 0.444. The number of hydrogen-bond acceptors (Lipinski definition) is 3. The predicted molar refractivity (Wildman–Crippen MR) is 129 cm³/mol. The summed E-state index contributed by atoms with van der Waals surface area (Å²) >= 11 is 0. The molecule has 1 aliphatic carbocycles. The Labute approximate surface area is 190 Å². The third-order valence-electron chi connectivity index (χ3n) is 7.42. The fourth-order valence-corrected chi connectivity index (χ4v) is 5.18. The van der Waals surface area contributed by atoms with E-state index >= 15 is 0 Å². The van der Waals surface area contributed by atoms with Gasteiger partial charge < -0.3 is 19.7 Å². The predicted octanol–water partition coefficient (Wildman–Crippen LogP) is 5.62. The van der Waals surface area contributed by atoms with Gasteiger partial charge >= 0.3 is 5.97 Å². The highest BCUT2D eigenvalue weighted by Crippen LogP contribution is 2.33. The number of fused-ring (bicyclic) bond motifs is 1. The Hall–Kier alpha value is -2.79. The van der Waals surface area contributed by atoms with E-state index in [4.69, 9.17) is 4.74 Å². The van der Waals surface area contributed by atoms with Gasteiger partial charge in [0.15, 0.2) is 0 Å². The van der Waals surface area contributed by atoms with Crippen molar-refractivity contribution in [2.24, 2.45) is 11.8 Å². The van der Waals surface area contributed by atoms with E-state index in [1.807, 2.05) is 34.9 Å². The number of methoxy groups -OCH3 is 1. The zero-order valence-corrected chi connectivity index (χ0v) is 19.5. The Balaban J connectivity index is 1.78. The van der Waals surface area contributed by atoms with Crippen molar-refractivity contribution in [1.29, 1.82) is 0 Å². The second-order valence-corrected chi connectivity index (χ2v) is 9.28. The average molecular weight is 435 g/mol. The van der Waals surface area contributed by atoms with Crippen LogP contribution < -0.4 is 10.1 Å². The second kappa shape index (κ2) is 9.37. The third kappa shape index (κ3) is 4.26. The molecule has 0 bridgehead atoms. The molecular weight excluding hydrogens is 400 g/mol. The summed E-state index contributed by atoms with van der Waals surface area (Å²) in [6.45, 7) is 7.76. The summed E-state index contributed by atoms with van der Waals surface area (Å²) in [5, 5.41) is 15.0. The summed E-state index contributed by atoms with van der Waals surface area (Å²) in [5.41, 5.74) is 4.38. The minimum atomic E-state index is -0.893. The highest BCUT2D eigenvalue weighted by atomic mass is 16.5. The van der Waals surface area contributed by atoms with E-state index in [0.29, 0.717) is 36.7 Å². The van der Waals surface area contributed by atoms with Crippen LogP contribution in [0.3, 0.4) is 0 Å². The molecule has 4 rings (SSSR count). The molecule has 3 atom stereocenters. The number of rotatable bonds is 7. The summed E-state index contributed by atoms with van der Waals surface area (Å²) < 4.78 is 7.40. The normalized spacial score (nSPS) is 21.1. The molecule has 5 heteroatoms. The number of aromatic nitrogens is 1. The quantitative estimate of drug-likeness (QED) is 0.507. The van der Waals surface area contributed by atoms with Gasteiger partial charge in [0.25, 0.3) is 0 Å². The topological polar surface area (TPSA) is 63.5 Å². The van der Waals surface area contributed by atoms with Gasteiger partial charge in [-0.3, -0.25) is 0 Å². The molecule has 1 saturated carbocycles. The lowest BCUT2D eigenvalue weighted by Gasteiger charge is -2.34. The van der Waals surface area contributed by atoms with Gasteiger partial charge in [-0.2, -0.15) is 0 Å². The van der Waals surface area contributed by atoms with Gasteiger partial charge in [-0.05, 0) is 48.4 Å². The van der Waals surface area contributed by atoms with Gasteiger partial charge in [-0.15, -0.1) is 0 Å². The molecular formula is C27H34N2O3. The van der Waals surface area contributed by atoms with Crippen LogP contribution in [0.4, 0.5) is 0 Å². The largest absolute Gasteiger partial charge is 0.497 e. The number of ether oxygens (including phenoxy) is 1. The Morgan fingerprint density at radius 1 is 1.19 bits per heavy atom. The van der Waals surface area contributed by atoms with E-state index in [1.54, 1.807) is 7.11 Å². The minimum Gasteiger partial charge on any atom is -0.497 e. The number of carboxylic acid groups (broad SMARTS) is 1. The zero-order valence-electron chi connectivity index (χ0n) is 19.5. The van der Waals surface area contributed by atoms with Crippen molar-refractivity contribution >= 4 is 16.9 Å². The van der Waals surface area contributed by atoms with E-state index in [2.05, 4.69) is 38.2 Å². The van der Waals surface area contributed by atoms with E-state index < -0.39 is 5.97 Å². The highest BCUT2D eigenvalue weighted by molar-refractivity contribution is 5.98. The van der Waals surface area contributed by atoms with Crippen LogP contribution in [0, 0.1) is 18.8 Å². The van der Waals surface area contributed by atoms with Gasteiger partial charge in [0.2, 0.25) is 0 Å². The molecule has 5 nitrogen and oxygen atoms in total. The van der Waals surface area contributed by atoms with Crippen molar-refractivity contribution in [3.8, 4) is 5.75 Å². The summed E-state index contributed by atoms with van der Waals surface area (Å²) in [5.74, 6) is 1.10. The lowest BCUT2D eigenvalue weighted by atomic mass is 9.78. The molecule has 32 heavy (non-hydrogen) atoms. The number of nitrogens with one attached hydrogen (secondary N) is 1. The molecule has 1 fully saturated rings. The maximum Gasteiger partial charge on any atom is 0.352 e. The molecule has 2 aromatic carbocycles. The lowest BCUT2D eigenvalue weighted by molar-refractivity contribution is 0.0684. The number of hydrogen-bond donors (Lipinski definition) is 2. The third-order valence-corrected chi connectivity index (χ3v) is 7.42. The number of carbonyl (C=O) groups is 1. The summed E-state index contributed by atoms with van der Waals surface area (Å²) in [4.78, 5) is 12.5. The van der Waals surface area contributed by atoms with Crippen molar-refractivity contribution in [3.05, 3.63) is 64.8 Å².